The summed E-state index contributed by atoms with van der Waals surface area (Å²) in [7, 11) is -8.35. The number of hydrogen-bond donors (Lipinski definition) is 2. The molecule has 10 nitrogen and oxygen atoms in total. The standard InChI is InChI=1S/C27H23F4N5O5S2/c1-14(2)43(39,40)36-19-12-16(13-20(41-42(3,37)38)24(19)35-26(36)32)23-22(15-8-5-4-6-9-15)33-25(34-23)21-17(27(29,30)31)10-7-11-18(21)28/h4-14H,1-3H3,(H2,32,35)(H,33,34). The molecule has 0 aliphatic carbocycles. The number of benzene rings is 3. The van der Waals surface area contributed by atoms with E-state index in [1.165, 1.54) is 26.0 Å². The van der Waals surface area contributed by atoms with E-state index in [1.807, 2.05) is 0 Å². The molecule has 3 aromatic carbocycles. The maximum Gasteiger partial charge on any atom is 0.417 e. The fourth-order valence-corrected chi connectivity index (χ4v) is 6.09. The van der Waals surface area contributed by atoms with Gasteiger partial charge >= 0.3 is 16.3 Å². The van der Waals surface area contributed by atoms with Gasteiger partial charge in [-0.2, -0.15) is 21.6 Å². The zero-order valence-corrected chi connectivity index (χ0v) is 24.3. The van der Waals surface area contributed by atoms with E-state index in [0.717, 1.165) is 22.4 Å². The zero-order chi connectivity index (χ0) is 31.5. The lowest BCUT2D eigenvalue weighted by Crippen LogP contribution is -2.23. The Morgan fingerprint density at radius 1 is 0.953 bits per heavy atom. The molecule has 16 heteroatoms. The second kappa shape index (κ2) is 10.4. The number of alkyl halides is 3. The van der Waals surface area contributed by atoms with E-state index in [-0.39, 0.29) is 28.0 Å². The van der Waals surface area contributed by atoms with Crippen LogP contribution in [0.5, 0.6) is 5.75 Å². The molecule has 226 valence electrons. The van der Waals surface area contributed by atoms with Gasteiger partial charge in [0.15, 0.2) is 5.75 Å². The average Bonchev–Trinajstić information content (AvgIpc) is 3.49. The summed E-state index contributed by atoms with van der Waals surface area (Å²) in [4.78, 5) is 11.1. The van der Waals surface area contributed by atoms with Crippen molar-refractivity contribution in [2.75, 3.05) is 12.0 Å². The van der Waals surface area contributed by atoms with Gasteiger partial charge in [-0.1, -0.05) is 36.4 Å². The monoisotopic (exact) mass is 637 g/mol. The summed E-state index contributed by atoms with van der Waals surface area (Å²) in [6.45, 7) is 2.80. The molecule has 5 rings (SSSR count). The molecule has 0 aliphatic rings. The molecule has 0 atom stereocenters. The summed E-state index contributed by atoms with van der Waals surface area (Å²) < 4.78 is 113. The molecular weight excluding hydrogens is 614 g/mol. The molecule has 3 N–H and O–H groups in total. The maximum atomic E-state index is 15.0. The van der Waals surface area contributed by atoms with E-state index in [4.69, 9.17) is 9.92 Å². The number of halogens is 4. The SMILES string of the molecule is CC(C)S(=O)(=O)n1c(N)nc2c(OS(C)(=O)=O)cc(-c3nc(-c4c(F)cccc4C(F)(F)F)[nH]c3-c3ccccc3)cc21. The molecule has 0 bridgehead atoms. The van der Waals surface area contributed by atoms with Gasteiger partial charge in [0.05, 0.1) is 39.5 Å². The van der Waals surface area contributed by atoms with Gasteiger partial charge in [-0.3, -0.25) is 0 Å². The van der Waals surface area contributed by atoms with Crippen molar-refractivity contribution in [3.05, 3.63) is 72.0 Å². The number of rotatable bonds is 7. The third kappa shape index (κ3) is 5.54. The number of aromatic nitrogens is 4. The van der Waals surface area contributed by atoms with Gasteiger partial charge < -0.3 is 14.9 Å². The van der Waals surface area contributed by atoms with Crippen LogP contribution in [0.25, 0.3) is 44.9 Å². The molecule has 0 saturated heterocycles. The number of fused-ring (bicyclic) bond motifs is 1. The molecule has 0 fully saturated rings. The van der Waals surface area contributed by atoms with E-state index in [2.05, 4.69) is 15.0 Å². The second-order valence-corrected chi connectivity index (χ2v) is 13.7. The van der Waals surface area contributed by atoms with Crippen molar-refractivity contribution in [1.82, 2.24) is 18.9 Å². The predicted octanol–water partition coefficient (Wildman–Crippen LogP) is 5.43. The van der Waals surface area contributed by atoms with Crippen LogP contribution in [0, 0.1) is 5.82 Å². The van der Waals surface area contributed by atoms with Gasteiger partial charge in [-0.05, 0) is 38.1 Å². The minimum absolute atomic E-state index is 0.0116. The number of anilines is 1. The van der Waals surface area contributed by atoms with E-state index >= 15 is 0 Å². The number of nitrogens with zero attached hydrogens (tertiary/aromatic N) is 3. The largest absolute Gasteiger partial charge is 0.417 e. The van der Waals surface area contributed by atoms with E-state index in [1.54, 1.807) is 30.3 Å². The zero-order valence-electron chi connectivity index (χ0n) is 22.6. The Kier molecular flexibility index (Phi) is 7.25. The number of nitrogens with one attached hydrogen (secondary N) is 1. The van der Waals surface area contributed by atoms with E-state index in [9.17, 15) is 34.4 Å². The highest BCUT2D eigenvalue weighted by Gasteiger charge is 2.36. The molecule has 0 saturated carbocycles. The highest BCUT2D eigenvalue weighted by atomic mass is 32.2. The van der Waals surface area contributed by atoms with Gasteiger partial charge in [0.2, 0.25) is 16.0 Å². The molecule has 0 aliphatic heterocycles. The number of H-pyrrole nitrogens is 1. The van der Waals surface area contributed by atoms with Crippen LogP contribution in [0.1, 0.15) is 19.4 Å². The number of nitrogens with two attached hydrogens (primary N) is 1. The Hall–Kier alpha value is -4.44. The van der Waals surface area contributed by atoms with Crippen LogP contribution in [0.2, 0.25) is 0 Å². The maximum absolute atomic E-state index is 15.0. The Morgan fingerprint density at radius 3 is 2.23 bits per heavy atom. The quantitative estimate of drug-likeness (QED) is 0.177. The van der Waals surface area contributed by atoms with Crippen molar-refractivity contribution in [2.24, 2.45) is 0 Å². The topological polar surface area (TPSA) is 150 Å². The molecule has 2 heterocycles. The van der Waals surface area contributed by atoms with Crippen LogP contribution in [0.15, 0.2) is 60.7 Å². The highest BCUT2D eigenvalue weighted by Crippen LogP contribution is 2.42. The molecule has 0 radical (unpaired) electrons. The van der Waals surface area contributed by atoms with Crippen molar-refractivity contribution in [3.8, 4) is 39.7 Å². The summed E-state index contributed by atoms with van der Waals surface area (Å²) in [6, 6.07) is 13.2. The van der Waals surface area contributed by atoms with Gasteiger partial charge in [-0.15, -0.1) is 0 Å². The highest BCUT2D eigenvalue weighted by molar-refractivity contribution is 7.90. The summed E-state index contributed by atoms with van der Waals surface area (Å²) in [6.07, 6.45) is -4.17. The first-order chi connectivity index (χ1) is 20.0. The van der Waals surface area contributed by atoms with Crippen molar-refractivity contribution >= 4 is 37.1 Å². The minimum atomic E-state index is -4.93. The lowest BCUT2D eigenvalue weighted by molar-refractivity contribution is -0.137. The van der Waals surface area contributed by atoms with Gasteiger partial charge in [0.1, 0.15) is 17.2 Å². The van der Waals surface area contributed by atoms with Crippen LogP contribution >= 0.6 is 0 Å². The number of aromatic amines is 1. The fourth-order valence-electron chi connectivity index (χ4n) is 4.50. The Morgan fingerprint density at radius 2 is 1.63 bits per heavy atom. The summed E-state index contributed by atoms with van der Waals surface area (Å²) in [5.74, 6) is -2.57. The Balaban J connectivity index is 1.89. The smallest absolute Gasteiger partial charge is 0.380 e. The van der Waals surface area contributed by atoms with Crippen LogP contribution in [0.3, 0.4) is 0 Å². The molecule has 43 heavy (non-hydrogen) atoms. The lowest BCUT2D eigenvalue weighted by Gasteiger charge is -2.13. The molecule has 0 amide bonds. The second-order valence-electron chi connectivity index (χ2n) is 9.79. The van der Waals surface area contributed by atoms with Gasteiger partial charge in [-0.25, -0.2) is 26.7 Å². The first kappa shape index (κ1) is 30.0. The van der Waals surface area contributed by atoms with Crippen molar-refractivity contribution in [3.63, 3.8) is 0 Å². The van der Waals surface area contributed by atoms with Crippen molar-refractivity contribution in [2.45, 2.75) is 25.3 Å². The van der Waals surface area contributed by atoms with Crippen LogP contribution in [-0.2, 0) is 26.3 Å². The minimum Gasteiger partial charge on any atom is -0.380 e. The van der Waals surface area contributed by atoms with E-state index < -0.39 is 66.0 Å². The number of imidazole rings is 2. The third-order valence-corrected chi connectivity index (χ3v) is 8.96. The summed E-state index contributed by atoms with van der Waals surface area (Å²) in [5, 5.41) is -0.978. The normalized spacial score (nSPS) is 12.7. The summed E-state index contributed by atoms with van der Waals surface area (Å²) in [5.41, 5.74) is 3.97. The fraction of sp³-hybridized carbons (Fsp3) is 0.185. The van der Waals surface area contributed by atoms with Crippen LogP contribution in [0.4, 0.5) is 23.5 Å². The Bertz CT molecular complexity index is 2090. The van der Waals surface area contributed by atoms with E-state index in [0.29, 0.717) is 11.6 Å². The van der Waals surface area contributed by atoms with Crippen LogP contribution in [-0.4, -0.2) is 47.3 Å². The first-order valence-corrected chi connectivity index (χ1v) is 15.8. The first-order valence-electron chi connectivity index (χ1n) is 12.5. The molecular formula is C27H23F4N5O5S2. The molecule has 2 aromatic heterocycles. The summed E-state index contributed by atoms with van der Waals surface area (Å²) >= 11 is 0. The number of hydrogen-bond acceptors (Lipinski definition) is 8. The molecule has 0 unspecified atom stereocenters. The predicted molar refractivity (Wildman–Crippen MR) is 152 cm³/mol. The third-order valence-electron chi connectivity index (χ3n) is 6.39. The van der Waals surface area contributed by atoms with Gasteiger partial charge in [0.25, 0.3) is 0 Å². The van der Waals surface area contributed by atoms with Crippen molar-refractivity contribution < 1.29 is 38.6 Å². The Labute approximate surface area is 243 Å². The molecule has 0 spiro atoms. The van der Waals surface area contributed by atoms with Gasteiger partial charge in [0, 0.05) is 11.1 Å². The van der Waals surface area contributed by atoms with Crippen molar-refractivity contribution in [1.29, 1.82) is 0 Å². The number of nitrogen functional groups attached to an aromatic ring is 1. The average molecular weight is 638 g/mol. The van der Waals surface area contributed by atoms with Crippen LogP contribution < -0.4 is 9.92 Å². The lowest BCUT2D eigenvalue weighted by atomic mass is 10.0. The molecule has 5 aromatic rings.